The van der Waals surface area contributed by atoms with E-state index in [0.29, 0.717) is 25.9 Å². The zero-order valence-electron chi connectivity index (χ0n) is 13.3. The van der Waals surface area contributed by atoms with E-state index in [1.54, 1.807) is 6.20 Å². The Bertz CT molecular complexity index is 496. The molecule has 1 amide bonds. The van der Waals surface area contributed by atoms with Gasteiger partial charge in [-0.3, -0.25) is 9.69 Å². The lowest BCUT2D eigenvalue weighted by atomic mass is 9.83. The predicted molar refractivity (Wildman–Crippen MR) is 83.2 cm³/mol. The first-order valence-electron chi connectivity index (χ1n) is 8.39. The molecule has 0 radical (unpaired) electrons. The maximum Gasteiger partial charge on any atom is 0.254 e. The van der Waals surface area contributed by atoms with Crippen molar-refractivity contribution in [2.45, 2.75) is 50.7 Å². The lowest BCUT2D eigenvalue weighted by Crippen LogP contribution is -2.57. The molecule has 1 aliphatic heterocycles. The molecule has 6 nitrogen and oxygen atoms in total. The van der Waals surface area contributed by atoms with E-state index in [1.807, 2.05) is 11.1 Å². The number of H-pyrrole nitrogens is 1. The number of amides is 1. The molecule has 0 aromatic carbocycles. The molecule has 122 valence electrons. The first-order valence-corrected chi connectivity index (χ1v) is 8.39. The molecule has 1 saturated heterocycles. The second-order valence-corrected chi connectivity index (χ2v) is 6.46. The summed E-state index contributed by atoms with van der Waals surface area (Å²) in [4.78, 5) is 24.5. The topological polar surface area (TPSA) is 72.5 Å². The summed E-state index contributed by atoms with van der Waals surface area (Å²) in [6.45, 7) is 5.16. The number of carbonyl (C=O) groups is 1. The summed E-state index contributed by atoms with van der Waals surface area (Å²) in [5.74, 6) is 0.814. The largest absolute Gasteiger partial charge is 0.380 e. The van der Waals surface area contributed by atoms with Gasteiger partial charge in [0.15, 0.2) is 0 Å². The second kappa shape index (κ2) is 6.38. The van der Waals surface area contributed by atoms with E-state index in [2.05, 4.69) is 21.8 Å². The highest BCUT2D eigenvalue weighted by atomic mass is 16.3. The van der Waals surface area contributed by atoms with Gasteiger partial charge in [-0.15, -0.1) is 0 Å². The van der Waals surface area contributed by atoms with Crippen LogP contribution in [0.5, 0.6) is 0 Å². The van der Waals surface area contributed by atoms with E-state index in [0.717, 1.165) is 38.2 Å². The normalized spacial score (nSPS) is 26.1. The van der Waals surface area contributed by atoms with E-state index < -0.39 is 5.60 Å². The Morgan fingerprint density at radius 3 is 2.82 bits per heavy atom. The second-order valence-electron chi connectivity index (χ2n) is 6.46. The minimum absolute atomic E-state index is 0.0838. The summed E-state index contributed by atoms with van der Waals surface area (Å²) < 4.78 is 0. The van der Waals surface area contributed by atoms with Gasteiger partial charge < -0.3 is 15.0 Å². The molecule has 2 N–H and O–H groups in total. The van der Waals surface area contributed by atoms with Crippen LogP contribution >= 0.6 is 0 Å². The van der Waals surface area contributed by atoms with Crippen molar-refractivity contribution in [3.63, 3.8) is 0 Å². The Hall–Kier alpha value is -1.40. The molecular formula is C16H26N4O2. The van der Waals surface area contributed by atoms with Crippen LogP contribution in [0.15, 0.2) is 12.4 Å². The highest BCUT2D eigenvalue weighted by Gasteiger charge is 2.42. The number of imidazole rings is 1. The number of nitrogens with zero attached hydrogens (tertiary/aromatic N) is 3. The number of hydrogen-bond acceptors (Lipinski definition) is 4. The average molecular weight is 306 g/mol. The Kier molecular flexibility index (Phi) is 4.49. The molecule has 2 heterocycles. The lowest BCUT2D eigenvalue weighted by Gasteiger charge is -2.43. The molecule has 1 saturated carbocycles. The summed E-state index contributed by atoms with van der Waals surface area (Å²) in [6.07, 6.45) is 7.78. The zero-order chi connectivity index (χ0) is 15.6. The number of piperazine rings is 1. The maximum atomic E-state index is 12.8. The van der Waals surface area contributed by atoms with E-state index in [4.69, 9.17) is 0 Å². The van der Waals surface area contributed by atoms with Crippen molar-refractivity contribution in [1.82, 2.24) is 19.8 Å². The number of hydrogen-bond donors (Lipinski definition) is 2. The van der Waals surface area contributed by atoms with Crippen molar-refractivity contribution < 1.29 is 9.90 Å². The summed E-state index contributed by atoms with van der Waals surface area (Å²) >= 11 is 0. The van der Waals surface area contributed by atoms with E-state index in [1.165, 1.54) is 0 Å². The van der Waals surface area contributed by atoms with Gasteiger partial charge >= 0.3 is 0 Å². The van der Waals surface area contributed by atoms with Crippen molar-refractivity contribution >= 4 is 5.91 Å². The summed E-state index contributed by atoms with van der Waals surface area (Å²) in [6, 6.07) is 0.0879. The highest BCUT2D eigenvalue weighted by Crippen LogP contribution is 2.32. The monoisotopic (exact) mass is 306 g/mol. The number of aromatic nitrogens is 2. The summed E-state index contributed by atoms with van der Waals surface area (Å²) in [5, 5.41) is 10.7. The minimum atomic E-state index is -1.14. The zero-order valence-corrected chi connectivity index (χ0v) is 13.3. The predicted octanol–water partition coefficient (Wildman–Crippen LogP) is 1.31. The Balaban J connectivity index is 1.74. The number of likely N-dealkylation sites (N-methyl/N-ethyl adjacent to an activating group) is 1. The Labute approximate surface area is 131 Å². The molecule has 1 atom stereocenters. The van der Waals surface area contributed by atoms with Crippen LogP contribution in [0.3, 0.4) is 0 Å². The molecule has 2 fully saturated rings. The molecule has 1 aliphatic carbocycles. The number of rotatable bonds is 3. The van der Waals surface area contributed by atoms with E-state index in [9.17, 15) is 9.90 Å². The summed E-state index contributed by atoms with van der Waals surface area (Å²) in [7, 11) is 0. The summed E-state index contributed by atoms with van der Waals surface area (Å²) in [5.41, 5.74) is -1.14. The van der Waals surface area contributed by atoms with Crippen LogP contribution in [0.25, 0.3) is 0 Å². The van der Waals surface area contributed by atoms with Crippen LogP contribution in [-0.2, 0) is 4.79 Å². The van der Waals surface area contributed by atoms with Crippen molar-refractivity contribution in [1.29, 1.82) is 0 Å². The highest BCUT2D eigenvalue weighted by molar-refractivity contribution is 5.85. The van der Waals surface area contributed by atoms with Gasteiger partial charge in [0.25, 0.3) is 5.91 Å². The number of carbonyl (C=O) groups excluding carboxylic acids is 1. The van der Waals surface area contributed by atoms with Crippen LogP contribution in [0.2, 0.25) is 0 Å². The average Bonchev–Trinajstić information content (AvgIpc) is 3.08. The molecule has 6 heteroatoms. The molecule has 22 heavy (non-hydrogen) atoms. The van der Waals surface area contributed by atoms with E-state index >= 15 is 0 Å². The van der Waals surface area contributed by atoms with Gasteiger partial charge in [0, 0.05) is 32.0 Å². The Morgan fingerprint density at radius 2 is 2.18 bits per heavy atom. The smallest absolute Gasteiger partial charge is 0.254 e. The van der Waals surface area contributed by atoms with Crippen molar-refractivity contribution in [3.05, 3.63) is 18.2 Å². The molecule has 0 unspecified atom stereocenters. The maximum absolute atomic E-state index is 12.8. The Morgan fingerprint density at radius 1 is 1.41 bits per heavy atom. The fourth-order valence-electron chi connectivity index (χ4n) is 3.75. The van der Waals surface area contributed by atoms with Gasteiger partial charge in [0.1, 0.15) is 11.4 Å². The van der Waals surface area contributed by atoms with Gasteiger partial charge in [-0.1, -0.05) is 26.2 Å². The van der Waals surface area contributed by atoms with Gasteiger partial charge in [-0.25, -0.2) is 4.98 Å². The number of aromatic amines is 1. The molecule has 0 spiro atoms. The quantitative estimate of drug-likeness (QED) is 0.883. The molecule has 1 aromatic heterocycles. The fraction of sp³-hybridized carbons (Fsp3) is 0.750. The van der Waals surface area contributed by atoms with E-state index in [-0.39, 0.29) is 11.9 Å². The third-order valence-corrected chi connectivity index (χ3v) is 5.10. The van der Waals surface area contributed by atoms with Crippen LogP contribution in [0.4, 0.5) is 0 Å². The van der Waals surface area contributed by atoms with Crippen LogP contribution < -0.4 is 0 Å². The van der Waals surface area contributed by atoms with Crippen LogP contribution in [0, 0.1) is 0 Å². The first-order chi connectivity index (χ1) is 10.6. The first kappa shape index (κ1) is 15.5. The molecule has 3 rings (SSSR count). The van der Waals surface area contributed by atoms with Gasteiger partial charge in [0.05, 0.1) is 6.04 Å². The minimum Gasteiger partial charge on any atom is -0.380 e. The van der Waals surface area contributed by atoms with Gasteiger partial charge in [-0.05, 0) is 19.4 Å². The molecule has 0 bridgehead atoms. The van der Waals surface area contributed by atoms with Gasteiger partial charge in [-0.2, -0.15) is 0 Å². The molecular weight excluding hydrogens is 280 g/mol. The molecule has 1 aromatic rings. The van der Waals surface area contributed by atoms with Crippen molar-refractivity contribution in [3.8, 4) is 0 Å². The van der Waals surface area contributed by atoms with Crippen LogP contribution in [-0.4, -0.2) is 62.6 Å². The standard InChI is InChI=1S/C16H26N4O2/c1-2-19-10-11-20(12-13(19)14-17-8-9-18-14)15(21)16(22)6-4-3-5-7-16/h8-9,13,22H,2-7,10-12H2,1H3,(H,17,18)/t13-/m0/s1. The van der Waals surface area contributed by atoms with Crippen LogP contribution in [0.1, 0.15) is 50.9 Å². The van der Waals surface area contributed by atoms with Crippen molar-refractivity contribution in [2.75, 3.05) is 26.2 Å². The third-order valence-electron chi connectivity index (χ3n) is 5.10. The molecule has 2 aliphatic rings. The third kappa shape index (κ3) is 2.90. The SMILES string of the molecule is CCN1CCN(C(=O)C2(O)CCCCC2)C[C@H]1c1ncc[nH]1. The lowest BCUT2D eigenvalue weighted by molar-refractivity contribution is -0.157. The number of nitrogens with one attached hydrogen (secondary N) is 1. The van der Waals surface area contributed by atoms with Gasteiger partial charge in [0.2, 0.25) is 0 Å². The fourth-order valence-corrected chi connectivity index (χ4v) is 3.75. The number of aliphatic hydroxyl groups is 1. The van der Waals surface area contributed by atoms with Crippen molar-refractivity contribution in [2.24, 2.45) is 0 Å².